The molecule has 0 spiro atoms. The number of rotatable bonds is 4. The monoisotopic (exact) mass is 371 g/mol. The molecule has 26 heavy (non-hydrogen) atoms. The van der Waals surface area contributed by atoms with E-state index in [1.54, 1.807) is 36.4 Å². The maximum absolute atomic E-state index is 12.3. The number of aryl methyl sites for hydroxylation is 1. The van der Waals surface area contributed by atoms with Crippen molar-refractivity contribution in [2.75, 3.05) is 0 Å². The predicted molar refractivity (Wildman–Crippen MR) is 104 cm³/mol. The lowest BCUT2D eigenvalue weighted by atomic mass is 10.1. The van der Waals surface area contributed by atoms with Crippen LogP contribution in [0.1, 0.15) is 40.1 Å². The Morgan fingerprint density at radius 1 is 1.00 bits per heavy atom. The molecule has 2 amide bonds. The van der Waals surface area contributed by atoms with Gasteiger partial charge in [-0.1, -0.05) is 24.3 Å². The van der Waals surface area contributed by atoms with Crippen LogP contribution >= 0.6 is 12.2 Å². The lowest BCUT2D eigenvalue weighted by molar-refractivity contribution is 0.0934. The van der Waals surface area contributed by atoms with Crippen LogP contribution in [0.2, 0.25) is 0 Å². The number of hydrogen-bond donors (Lipinski definition) is 3. The van der Waals surface area contributed by atoms with E-state index in [-0.39, 0.29) is 17.1 Å². The van der Waals surface area contributed by atoms with Gasteiger partial charge in [0.25, 0.3) is 11.8 Å². The first-order valence-corrected chi connectivity index (χ1v) is 8.51. The zero-order valence-corrected chi connectivity index (χ0v) is 15.6. The summed E-state index contributed by atoms with van der Waals surface area (Å²) in [6, 6.07) is 13.9. The van der Waals surface area contributed by atoms with Crippen molar-refractivity contribution in [1.29, 1.82) is 0 Å². The lowest BCUT2D eigenvalue weighted by Gasteiger charge is -2.13. The molecule has 0 radical (unpaired) electrons. The number of hydrogen-bond acceptors (Lipinski definition) is 4. The van der Waals surface area contributed by atoms with E-state index in [4.69, 9.17) is 17.0 Å². The Morgan fingerprint density at radius 2 is 1.73 bits per heavy atom. The minimum atomic E-state index is -0.401. The van der Waals surface area contributed by atoms with E-state index < -0.39 is 5.91 Å². The number of carbonyl (C=O) groups excluding carboxylic acids is 2. The maximum atomic E-state index is 12.3. The van der Waals surface area contributed by atoms with Gasteiger partial charge in [0.05, 0.1) is 6.10 Å². The van der Waals surface area contributed by atoms with Gasteiger partial charge in [-0.2, -0.15) is 0 Å². The molecule has 0 heterocycles. The lowest BCUT2D eigenvalue weighted by Crippen LogP contribution is -2.48. The number of amides is 2. The molecule has 0 aliphatic rings. The summed E-state index contributed by atoms with van der Waals surface area (Å²) in [6.07, 6.45) is 0.00714. The number of benzene rings is 2. The van der Waals surface area contributed by atoms with Crippen LogP contribution in [0, 0.1) is 6.92 Å². The maximum Gasteiger partial charge on any atom is 0.269 e. The van der Waals surface area contributed by atoms with Gasteiger partial charge in [0.2, 0.25) is 0 Å². The second kappa shape index (κ2) is 8.96. The second-order valence-electron chi connectivity index (χ2n) is 5.87. The highest BCUT2D eigenvalue weighted by atomic mass is 32.1. The molecule has 0 aliphatic heterocycles. The first-order chi connectivity index (χ1) is 12.4. The molecule has 0 bridgehead atoms. The van der Waals surface area contributed by atoms with Gasteiger partial charge in [-0.25, -0.2) is 0 Å². The van der Waals surface area contributed by atoms with Gasteiger partial charge in [0, 0.05) is 11.1 Å². The average Bonchev–Trinajstić information content (AvgIpc) is 2.59. The van der Waals surface area contributed by atoms with Crippen molar-refractivity contribution in [2.24, 2.45) is 0 Å². The fraction of sp³-hybridized carbons (Fsp3) is 0.211. The number of hydrazine groups is 1. The molecule has 0 fully saturated rings. The first kappa shape index (κ1) is 19.4. The molecule has 2 aromatic rings. The van der Waals surface area contributed by atoms with Crippen molar-refractivity contribution in [3.05, 3.63) is 65.2 Å². The van der Waals surface area contributed by atoms with Crippen LogP contribution in [0.4, 0.5) is 0 Å². The predicted octanol–water partition coefficient (Wildman–Crippen LogP) is 2.73. The fourth-order valence-corrected chi connectivity index (χ4v) is 2.34. The Balaban J connectivity index is 1.90. The fourth-order valence-electron chi connectivity index (χ4n) is 2.20. The quantitative estimate of drug-likeness (QED) is 0.569. The molecule has 0 unspecified atom stereocenters. The highest BCUT2D eigenvalue weighted by Gasteiger charge is 2.11. The molecule has 136 valence electrons. The highest BCUT2D eigenvalue weighted by Crippen LogP contribution is 2.14. The molecule has 0 saturated heterocycles. The van der Waals surface area contributed by atoms with E-state index in [0.717, 1.165) is 5.56 Å². The third-order valence-corrected chi connectivity index (χ3v) is 3.58. The Hall–Kier alpha value is -2.93. The molecule has 0 atom stereocenters. The van der Waals surface area contributed by atoms with E-state index in [1.165, 1.54) is 0 Å². The number of thiocarbonyl (C=S) groups is 1. The van der Waals surface area contributed by atoms with Crippen LogP contribution < -0.4 is 20.9 Å². The molecular weight excluding hydrogens is 350 g/mol. The van der Waals surface area contributed by atoms with Crippen molar-refractivity contribution in [1.82, 2.24) is 16.2 Å². The van der Waals surface area contributed by atoms with Gasteiger partial charge in [-0.15, -0.1) is 0 Å². The SMILES string of the molecule is Cc1ccccc1C(=O)NNC(=S)NC(=O)c1cccc(OC(C)C)c1. The first-order valence-electron chi connectivity index (χ1n) is 8.11. The van der Waals surface area contributed by atoms with E-state index in [0.29, 0.717) is 16.9 Å². The summed E-state index contributed by atoms with van der Waals surface area (Å²) in [5.74, 6) is -0.145. The van der Waals surface area contributed by atoms with Crippen LogP contribution in [-0.4, -0.2) is 23.0 Å². The largest absolute Gasteiger partial charge is 0.491 e. The molecule has 2 rings (SSSR count). The van der Waals surface area contributed by atoms with Crippen LogP contribution in [0.5, 0.6) is 5.75 Å². The van der Waals surface area contributed by atoms with Crippen molar-refractivity contribution in [3.63, 3.8) is 0 Å². The van der Waals surface area contributed by atoms with Gasteiger partial charge in [-0.3, -0.25) is 25.8 Å². The van der Waals surface area contributed by atoms with Gasteiger partial charge in [-0.05, 0) is 62.8 Å². The summed E-state index contributed by atoms with van der Waals surface area (Å²) < 4.78 is 5.56. The summed E-state index contributed by atoms with van der Waals surface area (Å²) in [4.78, 5) is 24.4. The topological polar surface area (TPSA) is 79.5 Å². The average molecular weight is 371 g/mol. The standard InChI is InChI=1S/C19H21N3O3S/c1-12(2)25-15-9-6-8-14(11-15)17(23)20-19(26)22-21-18(24)16-10-5-4-7-13(16)3/h4-12H,1-3H3,(H,21,24)(H2,20,22,23,26). The summed E-state index contributed by atoms with van der Waals surface area (Å²) in [6.45, 7) is 5.65. The van der Waals surface area contributed by atoms with Crippen LogP contribution in [-0.2, 0) is 0 Å². The highest BCUT2D eigenvalue weighted by molar-refractivity contribution is 7.80. The zero-order valence-electron chi connectivity index (χ0n) is 14.8. The molecule has 3 N–H and O–H groups in total. The molecule has 7 heteroatoms. The number of carbonyl (C=O) groups is 2. The van der Waals surface area contributed by atoms with Crippen LogP contribution in [0.25, 0.3) is 0 Å². The van der Waals surface area contributed by atoms with Crippen LogP contribution in [0.15, 0.2) is 48.5 Å². The molecular formula is C19H21N3O3S. The Kier molecular flexibility index (Phi) is 6.68. The Morgan fingerprint density at radius 3 is 2.42 bits per heavy atom. The minimum Gasteiger partial charge on any atom is -0.491 e. The van der Waals surface area contributed by atoms with E-state index >= 15 is 0 Å². The number of ether oxygens (including phenoxy) is 1. The van der Waals surface area contributed by atoms with Crippen molar-refractivity contribution < 1.29 is 14.3 Å². The summed E-state index contributed by atoms with van der Waals surface area (Å²) >= 11 is 5.05. The van der Waals surface area contributed by atoms with Gasteiger partial charge < -0.3 is 4.74 Å². The van der Waals surface area contributed by atoms with Gasteiger partial charge in [0.15, 0.2) is 5.11 Å². The summed E-state index contributed by atoms with van der Waals surface area (Å²) in [5, 5.41) is 2.50. The molecule has 0 aliphatic carbocycles. The summed E-state index contributed by atoms with van der Waals surface area (Å²) in [7, 11) is 0. The summed E-state index contributed by atoms with van der Waals surface area (Å²) in [5.41, 5.74) is 6.75. The molecule has 6 nitrogen and oxygen atoms in total. The third-order valence-electron chi connectivity index (χ3n) is 3.37. The molecule has 2 aromatic carbocycles. The Labute approximate surface area is 157 Å². The molecule has 0 saturated carbocycles. The Bertz CT molecular complexity index is 821. The van der Waals surface area contributed by atoms with Crippen molar-refractivity contribution in [2.45, 2.75) is 26.9 Å². The molecule has 0 aromatic heterocycles. The minimum absolute atomic E-state index is 0.00714. The van der Waals surface area contributed by atoms with Gasteiger partial charge in [0.1, 0.15) is 5.75 Å². The second-order valence-corrected chi connectivity index (χ2v) is 6.28. The third kappa shape index (κ3) is 5.56. The van der Waals surface area contributed by atoms with E-state index in [9.17, 15) is 9.59 Å². The number of nitrogens with one attached hydrogen (secondary N) is 3. The zero-order chi connectivity index (χ0) is 19.1. The van der Waals surface area contributed by atoms with Crippen molar-refractivity contribution >= 4 is 29.1 Å². The van der Waals surface area contributed by atoms with Crippen molar-refractivity contribution in [3.8, 4) is 5.75 Å². The van der Waals surface area contributed by atoms with E-state index in [1.807, 2.05) is 32.9 Å². The van der Waals surface area contributed by atoms with Crippen LogP contribution in [0.3, 0.4) is 0 Å². The normalized spacial score (nSPS) is 10.2. The smallest absolute Gasteiger partial charge is 0.269 e. The van der Waals surface area contributed by atoms with Gasteiger partial charge >= 0.3 is 0 Å². The van der Waals surface area contributed by atoms with E-state index in [2.05, 4.69) is 16.2 Å².